The summed E-state index contributed by atoms with van der Waals surface area (Å²) in [4.78, 5) is 0. The van der Waals surface area contributed by atoms with Crippen LogP contribution in [0.5, 0.6) is 0 Å². The molecule has 1 fully saturated rings. The molecule has 0 radical (unpaired) electrons. The molecule has 90 valence electrons. The molecule has 1 heterocycles. The number of rotatable bonds is 8. The maximum atomic E-state index is 3.70. The minimum absolute atomic E-state index is 0.816. The second-order valence-corrected chi connectivity index (χ2v) is 5.78. The summed E-state index contributed by atoms with van der Waals surface area (Å²) >= 11 is 2.14. The van der Waals surface area contributed by atoms with Crippen molar-refractivity contribution in [3.63, 3.8) is 0 Å². The molecule has 1 aliphatic heterocycles. The number of hydrogen-bond donors (Lipinski definition) is 1. The Morgan fingerprint density at radius 1 is 1.07 bits per heavy atom. The molecule has 0 aliphatic carbocycles. The van der Waals surface area contributed by atoms with E-state index in [1.54, 1.807) is 0 Å². The third kappa shape index (κ3) is 5.26. The predicted octanol–water partition coefficient (Wildman–Crippen LogP) is 3.69. The SMILES string of the molecule is CCCCCCC1CSCC1NCCC. The summed E-state index contributed by atoms with van der Waals surface area (Å²) in [6.07, 6.45) is 8.39. The number of nitrogens with one attached hydrogen (secondary N) is 1. The van der Waals surface area contributed by atoms with Gasteiger partial charge in [-0.3, -0.25) is 0 Å². The van der Waals surface area contributed by atoms with E-state index in [-0.39, 0.29) is 0 Å². The van der Waals surface area contributed by atoms with Crippen LogP contribution in [0, 0.1) is 5.92 Å². The zero-order chi connectivity index (χ0) is 10.9. The molecule has 2 unspecified atom stereocenters. The van der Waals surface area contributed by atoms with Gasteiger partial charge in [0, 0.05) is 11.8 Å². The van der Waals surface area contributed by atoms with E-state index in [1.165, 1.54) is 56.6 Å². The molecule has 1 rings (SSSR count). The fourth-order valence-corrected chi connectivity index (χ4v) is 3.75. The Balaban J connectivity index is 2.09. The van der Waals surface area contributed by atoms with Crippen molar-refractivity contribution >= 4 is 11.8 Å². The summed E-state index contributed by atoms with van der Waals surface area (Å²) in [5, 5.41) is 3.70. The van der Waals surface area contributed by atoms with E-state index in [1.807, 2.05) is 0 Å². The van der Waals surface area contributed by atoms with Crippen LogP contribution in [0.15, 0.2) is 0 Å². The molecule has 0 bridgehead atoms. The van der Waals surface area contributed by atoms with E-state index < -0.39 is 0 Å². The molecule has 2 heteroatoms. The average Bonchev–Trinajstić information content (AvgIpc) is 2.69. The topological polar surface area (TPSA) is 12.0 Å². The molecule has 0 aromatic rings. The van der Waals surface area contributed by atoms with Crippen molar-refractivity contribution in [1.29, 1.82) is 0 Å². The molecule has 1 N–H and O–H groups in total. The van der Waals surface area contributed by atoms with Gasteiger partial charge < -0.3 is 5.32 Å². The lowest BCUT2D eigenvalue weighted by Crippen LogP contribution is -2.35. The maximum Gasteiger partial charge on any atom is 0.0194 e. The first kappa shape index (κ1) is 13.4. The average molecular weight is 229 g/mol. The van der Waals surface area contributed by atoms with Crippen molar-refractivity contribution in [2.45, 2.75) is 58.4 Å². The van der Waals surface area contributed by atoms with E-state index in [9.17, 15) is 0 Å². The Morgan fingerprint density at radius 3 is 2.67 bits per heavy atom. The van der Waals surface area contributed by atoms with Crippen LogP contribution in [-0.4, -0.2) is 24.1 Å². The summed E-state index contributed by atoms with van der Waals surface area (Å²) in [7, 11) is 0. The van der Waals surface area contributed by atoms with Crippen LogP contribution >= 0.6 is 11.8 Å². The summed E-state index contributed by atoms with van der Waals surface area (Å²) in [5.74, 6) is 3.70. The summed E-state index contributed by atoms with van der Waals surface area (Å²) < 4.78 is 0. The Labute approximate surface area is 99.8 Å². The molecule has 1 saturated heterocycles. The monoisotopic (exact) mass is 229 g/mol. The number of unbranched alkanes of at least 4 members (excludes halogenated alkanes) is 3. The molecule has 1 aliphatic rings. The van der Waals surface area contributed by atoms with Gasteiger partial charge in [0.05, 0.1) is 0 Å². The minimum Gasteiger partial charge on any atom is -0.313 e. The van der Waals surface area contributed by atoms with Crippen LogP contribution in [0.3, 0.4) is 0 Å². The molecule has 0 aromatic heterocycles. The van der Waals surface area contributed by atoms with Gasteiger partial charge in [-0.25, -0.2) is 0 Å². The van der Waals surface area contributed by atoms with E-state index in [0.29, 0.717) is 0 Å². The van der Waals surface area contributed by atoms with Crippen molar-refractivity contribution in [1.82, 2.24) is 5.32 Å². The highest BCUT2D eigenvalue weighted by molar-refractivity contribution is 7.99. The third-order valence-corrected chi connectivity index (χ3v) is 4.54. The van der Waals surface area contributed by atoms with E-state index in [0.717, 1.165) is 12.0 Å². The molecule has 0 spiro atoms. The fraction of sp³-hybridized carbons (Fsp3) is 1.00. The lowest BCUT2D eigenvalue weighted by atomic mass is 9.96. The second-order valence-electron chi connectivity index (χ2n) is 4.71. The Morgan fingerprint density at radius 2 is 1.93 bits per heavy atom. The zero-order valence-electron chi connectivity index (χ0n) is 10.4. The van der Waals surface area contributed by atoms with Gasteiger partial charge in [-0.1, -0.05) is 39.5 Å². The Bertz CT molecular complexity index is 149. The number of thioether (sulfide) groups is 1. The predicted molar refractivity (Wildman–Crippen MR) is 71.7 cm³/mol. The second kappa shape index (κ2) is 8.46. The highest BCUT2D eigenvalue weighted by Crippen LogP contribution is 2.28. The first-order valence-electron chi connectivity index (χ1n) is 6.69. The smallest absolute Gasteiger partial charge is 0.0194 e. The van der Waals surface area contributed by atoms with Crippen LogP contribution in [0.1, 0.15) is 52.4 Å². The van der Waals surface area contributed by atoms with Crippen molar-refractivity contribution < 1.29 is 0 Å². The van der Waals surface area contributed by atoms with E-state index in [2.05, 4.69) is 30.9 Å². The van der Waals surface area contributed by atoms with E-state index >= 15 is 0 Å². The van der Waals surface area contributed by atoms with Gasteiger partial charge in [0.25, 0.3) is 0 Å². The van der Waals surface area contributed by atoms with Crippen molar-refractivity contribution in [2.24, 2.45) is 5.92 Å². The highest BCUT2D eigenvalue weighted by Gasteiger charge is 2.26. The lowest BCUT2D eigenvalue weighted by molar-refractivity contribution is 0.390. The van der Waals surface area contributed by atoms with Gasteiger partial charge in [0.2, 0.25) is 0 Å². The standard InChI is InChI=1S/C13H27NS/c1-3-5-6-7-8-12-10-15-11-13(12)14-9-4-2/h12-14H,3-11H2,1-2H3. The fourth-order valence-electron chi connectivity index (χ4n) is 2.27. The van der Waals surface area contributed by atoms with Crippen LogP contribution in [-0.2, 0) is 0 Å². The van der Waals surface area contributed by atoms with Gasteiger partial charge in [-0.05, 0) is 31.1 Å². The summed E-state index contributed by atoms with van der Waals surface area (Å²) in [6.45, 7) is 5.75. The lowest BCUT2D eigenvalue weighted by Gasteiger charge is -2.19. The van der Waals surface area contributed by atoms with Crippen LogP contribution in [0.4, 0.5) is 0 Å². The van der Waals surface area contributed by atoms with E-state index in [4.69, 9.17) is 0 Å². The van der Waals surface area contributed by atoms with Crippen molar-refractivity contribution in [3.05, 3.63) is 0 Å². The molecule has 0 saturated carbocycles. The van der Waals surface area contributed by atoms with Crippen molar-refractivity contribution in [2.75, 3.05) is 18.1 Å². The molecule has 0 amide bonds. The summed E-state index contributed by atoms with van der Waals surface area (Å²) in [5.41, 5.74) is 0. The molecular formula is C13H27NS. The Hall–Kier alpha value is 0.310. The van der Waals surface area contributed by atoms with Gasteiger partial charge in [-0.15, -0.1) is 0 Å². The van der Waals surface area contributed by atoms with Crippen LogP contribution < -0.4 is 5.32 Å². The van der Waals surface area contributed by atoms with Crippen LogP contribution in [0.25, 0.3) is 0 Å². The number of hydrogen-bond acceptors (Lipinski definition) is 2. The van der Waals surface area contributed by atoms with Gasteiger partial charge in [-0.2, -0.15) is 11.8 Å². The Kier molecular flexibility index (Phi) is 7.54. The zero-order valence-corrected chi connectivity index (χ0v) is 11.2. The van der Waals surface area contributed by atoms with Gasteiger partial charge in [0.15, 0.2) is 0 Å². The first-order valence-corrected chi connectivity index (χ1v) is 7.85. The molecule has 2 atom stereocenters. The quantitative estimate of drug-likeness (QED) is 0.637. The molecule has 0 aromatic carbocycles. The minimum atomic E-state index is 0.816. The molecular weight excluding hydrogens is 202 g/mol. The van der Waals surface area contributed by atoms with Gasteiger partial charge >= 0.3 is 0 Å². The third-order valence-electron chi connectivity index (χ3n) is 3.28. The first-order chi connectivity index (χ1) is 7.38. The normalized spacial score (nSPS) is 26.0. The highest BCUT2D eigenvalue weighted by atomic mass is 32.2. The maximum absolute atomic E-state index is 3.70. The van der Waals surface area contributed by atoms with Crippen molar-refractivity contribution in [3.8, 4) is 0 Å². The summed E-state index contributed by atoms with van der Waals surface area (Å²) in [6, 6.07) is 0.816. The largest absolute Gasteiger partial charge is 0.313 e. The van der Waals surface area contributed by atoms with Gasteiger partial charge in [0.1, 0.15) is 0 Å². The van der Waals surface area contributed by atoms with Crippen LogP contribution in [0.2, 0.25) is 0 Å². The molecule has 15 heavy (non-hydrogen) atoms. The molecule has 1 nitrogen and oxygen atoms in total.